The van der Waals surface area contributed by atoms with Crippen LogP contribution in [0.15, 0.2) is 36.5 Å². The quantitative estimate of drug-likeness (QED) is 0.0660. The highest BCUT2D eigenvalue weighted by Crippen LogP contribution is 2.14. The molecule has 0 amide bonds. The van der Waals surface area contributed by atoms with Crippen molar-refractivity contribution in [1.82, 2.24) is 0 Å². The van der Waals surface area contributed by atoms with E-state index in [1.165, 1.54) is 148 Å². The molecule has 2 heteroatoms. The monoisotopic (exact) mass is 558 g/mol. The van der Waals surface area contributed by atoms with Crippen LogP contribution >= 0.6 is 0 Å². The van der Waals surface area contributed by atoms with E-state index < -0.39 is 0 Å². The summed E-state index contributed by atoms with van der Waals surface area (Å²) >= 11 is 0. The third-order valence-corrected chi connectivity index (χ3v) is 8.11. The number of Topliss-reactive ketones (excluding diaryl/α,β-unsaturated/α-hetero) is 1. The van der Waals surface area contributed by atoms with Crippen molar-refractivity contribution in [3.8, 4) is 0 Å². The smallest absolute Gasteiger partial charge is 0.132 e. The number of hydrogen-bond donors (Lipinski definition) is 1. The zero-order valence-electron chi connectivity index (χ0n) is 27.3. The molecule has 0 saturated carbocycles. The first-order valence-corrected chi connectivity index (χ1v) is 17.9. The predicted octanol–water partition coefficient (Wildman–Crippen LogP) is 12.5. The van der Waals surface area contributed by atoms with Crippen LogP contribution in [0.3, 0.4) is 0 Å². The SMILES string of the molecule is CCCCCC/C=C\CCCCCCCCC(N)CCCCCCCC/C=C\C/C=C\CCCCCC(=O)CC. The normalized spacial score (nSPS) is 12.9. The predicted molar refractivity (Wildman–Crippen MR) is 181 cm³/mol. The molecule has 0 bridgehead atoms. The Morgan fingerprint density at radius 3 is 1.32 bits per heavy atom. The van der Waals surface area contributed by atoms with Gasteiger partial charge in [-0.2, -0.15) is 0 Å². The van der Waals surface area contributed by atoms with E-state index in [4.69, 9.17) is 5.73 Å². The van der Waals surface area contributed by atoms with Crippen LogP contribution in [-0.4, -0.2) is 11.8 Å². The molecule has 1 atom stereocenters. The van der Waals surface area contributed by atoms with Crippen LogP contribution in [-0.2, 0) is 4.79 Å². The highest BCUT2D eigenvalue weighted by molar-refractivity contribution is 5.77. The fraction of sp³-hybridized carbons (Fsp3) is 0.816. The fourth-order valence-corrected chi connectivity index (χ4v) is 5.27. The van der Waals surface area contributed by atoms with E-state index in [2.05, 4.69) is 43.4 Å². The first kappa shape index (κ1) is 38.9. The van der Waals surface area contributed by atoms with Crippen molar-refractivity contribution in [2.45, 2.75) is 200 Å². The van der Waals surface area contributed by atoms with Crippen LogP contribution in [0.2, 0.25) is 0 Å². The van der Waals surface area contributed by atoms with Crippen molar-refractivity contribution in [2.24, 2.45) is 5.73 Å². The Morgan fingerprint density at radius 1 is 0.500 bits per heavy atom. The van der Waals surface area contributed by atoms with Crippen LogP contribution in [0, 0.1) is 0 Å². The molecular weight excluding hydrogens is 486 g/mol. The molecule has 2 nitrogen and oxygen atoms in total. The summed E-state index contributed by atoms with van der Waals surface area (Å²) in [6.07, 6.45) is 49.3. The first-order valence-electron chi connectivity index (χ1n) is 17.9. The van der Waals surface area contributed by atoms with Crippen LogP contribution < -0.4 is 5.73 Å². The van der Waals surface area contributed by atoms with Crippen molar-refractivity contribution in [1.29, 1.82) is 0 Å². The highest BCUT2D eigenvalue weighted by atomic mass is 16.1. The van der Waals surface area contributed by atoms with Gasteiger partial charge >= 0.3 is 0 Å². The van der Waals surface area contributed by atoms with Gasteiger partial charge in [0, 0.05) is 18.9 Å². The third-order valence-electron chi connectivity index (χ3n) is 8.11. The van der Waals surface area contributed by atoms with Gasteiger partial charge in [-0.05, 0) is 77.0 Å². The second-order valence-electron chi connectivity index (χ2n) is 12.1. The minimum absolute atomic E-state index is 0.407. The third kappa shape index (κ3) is 33.1. The summed E-state index contributed by atoms with van der Waals surface area (Å²) in [6, 6.07) is 0.429. The number of ketones is 1. The molecule has 0 aliphatic heterocycles. The molecule has 0 aromatic heterocycles. The molecule has 0 spiro atoms. The molecule has 0 aliphatic rings. The fourth-order valence-electron chi connectivity index (χ4n) is 5.27. The lowest BCUT2D eigenvalue weighted by molar-refractivity contribution is -0.118. The average molecular weight is 558 g/mol. The Balaban J connectivity index is 3.29. The number of rotatable bonds is 32. The summed E-state index contributed by atoms with van der Waals surface area (Å²) in [5, 5.41) is 0. The first-order chi connectivity index (χ1) is 19.7. The average Bonchev–Trinajstić information content (AvgIpc) is 2.96. The van der Waals surface area contributed by atoms with Gasteiger partial charge < -0.3 is 5.73 Å². The maximum Gasteiger partial charge on any atom is 0.132 e. The molecular formula is C38H71NO. The molecule has 2 N–H and O–H groups in total. The van der Waals surface area contributed by atoms with Crippen LogP contribution in [0.4, 0.5) is 0 Å². The van der Waals surface area contributed by atoms with Gasteiger partial charge in [0.1, 0.15) is 5.78 Å². The molecule has 0 aromatic rings. The molecule has 1 unspecified atom stereocenters. The van der Waals surface area contributed by atoms with Gasteiger partial charge in [-0.3, -0.25) is 4.79 Å². The van der Waals surface area contributed by atoms with Crippen LogP contribution in [0.1, 0.15) is 194 Å². The van der Waals surface area contributed by atoms with E-state index in [1.54, 1.807) is 0 Å². The molecule has 0 heterocycles. The molecule has 0 radical (unpaired) electrons. The van der Waals surface area contributed by atoms with Gasteiger partial charge in [0.15, 0.2) is 0 Å². The Labute approximate surface area is 252 Å². The van der Waals surface area contributed by atoms with Crippen LogP contribution in [0.25, 0.3) is 0 Å². The minimum atomic E-state index is 0.407. The van der Waals surface area contributed by atoms with Gasteiger partial charge in [-0.15, -0.1) is 0 Å². The zero-order chi connectivity index (χ0) is 29.2. The standard InChI is InChI=1S/C38H71NO/c1-3-5-6-7-8-9-10-11-16-19-22-25-28-31-34-37(39)35-32-29-26-23-20-17-14-12-13-15-18-21-24-27-30-33-36-38(40)4-2/h9-10,12-13,18,21,37H,3-8,11,14-17,19-20,22-36,39H2,1-2H3/b10-9-,13-12-,21-18-. The highest BCUT2D eigenvalue weighted by Gasteiger charge is 2.02. The second kappa shape index (κ2) is 34.1. The summed E-state index contributed by atoms with van der Waals surface area (Å²) in [5.41, 5.74) is 6.37. The Kier molecular flexibility index (Phi) is 33.1. The van der Waals surface area contributed by atoms with Crippen LogP contribution in [0.5, 0.6) is 0 Å². The molecule has 0 aliphatic carbocycles. The maximum absolute atomic E-state index is 11.3. The topological polar surface area (TPSA) is 43.1 Å². The summed E-state index contributed by atoms with van der Waals surface area (Å²) < 4.78 is 0. The van der Waals surface area contributed by atoms with Gasteiger partial charge in [-0.1, -0.05) is 140 Å². The molecule has 0 aromatic carbocycles. The molecule has 234 valence electrons. The van der Waals surface area contributed by atoms with Crippen molar-refractivity contribution in [3.63, 3.8) is 0 Å². The lowest BCUT2D eigenvalue weighted by atomic mass is 10.0. The van der Waals surface area contributed by atoms with E-state index >= 15 is 0 Å². The van der Waals surface area contributed by atoms with Crippen molar-refractivity contribution < 1.29 is 4.79 Å². The minimum Gasteiger partial charge on any atom is -0.328 e. The van der Waals surface area contributed by atoms with Crippen molar-refractivity contribution in [2.75, 3.05) is 0 Å². The summed E-state index contributed by atoms with van der Waals surface area (Å²) in [7, 11) is 0. The largest absolute Gasteiger partial charge is 0.328 e. The molecule has 0 fully saturated rings. The lowest BCUT2D eigenvalue weighted by Crippen LogP contribution is -2.19. The van der Waals surface area contributed by atoms with E-state index in [1.807, 2.05) is 6.92 Å². The summed E-state index contributed by atoms with van der Waals surface area (Å²) in [5.74, 6) is 0.407. The number of hydrogen-bond acceptors (Lipinski definition) is 2. The maximum atomic E-state index is 11.3. The number of allylic oxidation sites excluding steroid dienone is 6. The summed E-state index contributed by atoms with van der Waals surface area (Å²) in [6.45, 7) is 4.24. The van der Waals surface area contributed by atoms with Crippen molar-refractivity contribution in [3.05, 3.63) is 36.5 Å². The van der Waals surface area contributed by atoms with Gasteiger partial charge in [-0.25, -0.2) is 0 Å². The lowest BCUT2D eigenvalue weighted by Gasteiger charge is -2.11. The van der Waals surface area contributed by atoms with E-state index in [-0.39, 0.29) is 0 Å². The van der Waals surface area contributed by atoms with Crippen molar-refractivity contribution >= 4 is 5.78 Å². The number of nitrogens with two attached hydrogens (primary N) is 1. The van der Waals surface area contributed by atoms with E-state index in [0.29, 0.717) is 18.2 Å². The van der Waals surface area contributed by atoms with Gasteiger partial charge in [0.2, 0.25) is 0 Å². The number of carbonyl (C=O) groups is 1. The van der Waals surface area contributed by atoms with Gasteiger partial charge in [0.05, 0.1) is 0 Å². The Morgan fingerprint density at radius 2 is 0.875 bits per heavy atom. The Bertz CT molecular complexity index is 590. The van der Waals surface area contributed by atoms with E-state index in [9.17, 15) is 4.79 Å². The second-order valence-corrected chi connectivity index (χ2v) is 12.1. The number of unbranched alkanes of at least 4 members (excludes halogenated alkanes) is 19. The number of carbonyl (C=O) groups excluding carboxylic acids is 1. The molecule has 0 saturated heterocycles. The Hall–Kier alpha value is -1.15. The summed E-state index contributed by atoms with van der Waals surface area (Å²) in [4.78, 5) is 11.3. The van der Waals surface area contributed by atoms with Gasteiger partial charge in [0.25, 0.3) is 0 Å². The zero-order valence-corrected chi connectivity index (χ0v) is 27.3. The molecule has 40 heavy (non-hydrogen) atoms. The molecule has 0 rings (SSSR count). The van der Waals surface area contributed by atoms with E-state index in [0.717, 1.165) is 25.7 Å².